The van der Waals surface area contributed by atoms with E-state index < -0.39 is 0 Å². The second-order valence-corrected chi connectivity index (χ2v) is 7.05. The Morgan fingerprint density at radius 3 is 2.71 bits per heavy atom. The molecule has 0 amide bonds. The van der Waals surface area contributed by atoms with Crippen molar-refractivity contribution >= 4 is 45.9 Å². The molecular weight excluding hydrogens is 537 g/mol. The fourth-order valence-corrected chi connectivity index (χ4v) is 3.07. The van der Waals surface area contributed by atoms with Gasteiger partial charge in [-0.2, -0.15) is 0 Å². The molecule has 0 aliphatic heterocycles. The molecule has 2 aromatic heterocycles. The predicted molar refractivity (Wildman–Crippen MR) is 126 cm³/mol. The number of hydrogen-bond donors (Lipinski definition) is 1. The quantitative estimate of drug-likeness (QED) is 0.218. The lowest BCUT2D eigenvalue weighted by molar-refractivity contribution is 0.143. The molecule has 0 bridgehead atoms. The first-order valence-electron chi connectivity index (χ1n) is 8.90. The van der Waals surface area contributed by atoms with E-state index in [1.807, 2.05) is 26.2 Å². The van der Waals surface area contributed by atoms with Crippen molar-refractivity contribution in [1.82, 2.24) is 19.8 Å². The number of ether oxygens (including phenoxy) is 2. The van der Waals surface area contributed by atoms with E-state index in [0.717, 1.165) is 29.1 Å². The summed E-state index contributed by atoms with van der Waals surface area (Å²) in [6, 6.07) is 5.96. The van der Waals surface area contributed by atoms with Gasteiger partial charge < -0.3 is 24.3 Å². The molecule has 0 fully saturated rings. The van der Waals surface area contributed by atoms with Crippen molar-refractivity contribution in [3.05, 3.63) is 46.3 Å². The lowest BCUT2D eigenvalue weighted by atomic mass is 10.3. The Labute approximate surface area is 192 Å². The number of nitrogens with one attached hydrogen (secondary N) is 1. The van der Waals surface area contributed by atoms with E-state index in [2.05, 4.69) is 54.9 Å². The average Bonchev–Trinajstić information content (AvgIpc) is 2.97. The monoisotopic (exact) mass is 565 g/mol. The van der Waals surface area contributed by atoms with Crippen LogP contribution in [0.25, 0.3) is 0 Å². The highest BCUT2D eigenvalue weighted by Gasteiger charge is 2.09. The van der Waals surface area contributed by atoms with Crippen LogP contribution in [0.15, 0.2) is 40.1 Å². The van der Waals surface area contributed by atoms with Crippen LogP contribution in [-0.4, -0.2) is 54.3 Å². The van der Waals surface area contributed by atoms with Crippen molar-refractivity contribution in [3.8, 4) is 5.88 Å². The zero-order valence-corrected chi connectivity index (χ0v) is 20.7. The highest BCUT2D eigenvalue weighted by atomic mass is 127. The highest BCUT2D eigenvalue weighted by Crippen LogP contribution is 2.15. The number of pyridine rings is 1. The number of aryl methyl sites for hydroxylation is 1. The summed E-state index contributed by atoms with van der Waals surface area (Å²) >= 11 is 3.52. The fourth-order valence-electron chi connectivity index (χ4n) is 2.50. The highest BCUT2D eigenvalue weighted by molar-refractivity contribution is 14.0. The molecule has 28 heavy (non-hydrogen) atoms. The summed E-state index contributed by atoms with van der Waals surface area (Å²) in [5, 5.41) is 3.34. The maximum atomic E-state index is 5.48. The summed E-state index contributed by atoms with van der Waals surface area (Å²) in [5.74, 6) is 1.45. The van der Waals surface area contributed by atoms with Crippen molar-refractivity contribution < 1.29 is 9.47 Å². The van der Waals surface area contributed by atoms with Crippen LogP contribution < -0.4 is 10.1 Å². The van der Waals surface area contributed by atoms with E-state index >= 15 is 0 Å². The fraction of sp³-hybridized carbons (Fsp3) is 0.474. The number of methoxy groups -OCH3 is 1. The van der Waals surface area contributed by atoms with E-state index in [1.165, 1.54) is 5.69 Å². The molecule has 0 aliphatic carbocycles. The van der Waals surface area contributed by atoms with Crippen LogP contribution in [0, 0.1) is 0 Å². The molecule has 0 radical (unpaired) electrons. The van der Waals surface area contributed by atoms with Crippen molar-refractivity contribution in [3.63, 3.8) is 0 Å². The molecule has 7 nitrogen and oxygen atoms in total. The summed E-state index contributed by atoms with van der Waals surface area (Å²) in [4.78, 5) is 11.2. The molecule has 9 heteroatoms. The molecule has 2 aromatic rings. The van der Waals surface area contributed by atoms with Gasteiger partial charge in [0.1, 0.15) is 6.61 Å². The number of aliphatic imine (C=N–C) groups is 1. The molecule has 0 aromatic carbocycles. The molecule has 0 saturated heterocycles. The van der Waals surface area contributed by atoms with Gasteiger partial charge in [-0.3, -0.25) is 0 Å². The number of halogens is 2. The summed E-state index contributed by atoms with van der Waals surface area (Å²) in [5.41, 5.74) is 2.23. The van der Waals surface area contributed by atoms with Crippen molar-refractivity contribution in [2.75, 3.05) is 33.9 Å². The second kappa shape index (κ2) is 13.0. The van der Waals surface area contributed by atoms with E-state index in [1.54, 1.807) is 13.3 Å². The van der Waals surface area contributed by atoms with Gasteiger partial charge in [-0.25, -0.2) is 9.98 Å². The SMILES string of the molecule is CCNC(=NCc1ccc(OCCOC)nc1)N(C)Cc1cc(Br)cn1C.I. The van der Waals surface area contributed by atoms with Crippen molar-refractivity contribution in [2.24, 2.45) is 12.0 Å². The van der Waals surface area contributed by atoms with E-state index in [9.17, 15) is 0 Å². The molecule has 0 spiro atoms. The average molecular weight is 566 g/mol. The maximum absolute atomic E-state index is 5.48. The first-order valence-corrected chi connectivity index (χ1v) is 9.69. The van der Waals surface area contributed by atoms with Gasteiger partial charge in [0.25, 0.3) is 0 Å². The Bertz CT molecular complexity index is 736. The Kier molecular flexibility index (Phi) is 11.5. The van der Waals surface area contributed by atoms with Gasteiger partial charge in [0.15, 0.2) is 5.96 Å². The number of hydrogen-bond acceptors (Lipinski definition) is 4. The lowest BCUT2D eigenvalue weighted by Crippen LogP contribution is -2.38. The minimum absolute atomic E-state index is 0. The zero-order valence-electron chi connectivity index (χ0n) is 16.8. The summed E-state index contributed by atoms with van der Waals surface area (Å²) in [7, 11) is 5.72. The molecule has 156 valence electrons. The van der Waals surface area contributed by atoms with Gasteiger partial charge >= 0.3 is 0 Å². The van der Waals surface area contributed by atoms with E-state index in [0.29, 0.717) is 25.6 Å². The molecular formula is C19H29BrIN5O2. The third-order valence-corrected chi connectivity index (χ3v) is 4.35. The first-order chi connectivity index (χ1) is 13.0. The summed E-state index contributed by atoms with van der Waals surface area (Å²) < 4.78 is 13.6. The minimum Gasteiger partial charge on any atom is -0.475 e. The van der Waals surface area contributed by atoms with Crippen molar-refractivity contribution in [1.29, 1.82) is 0 Å². The Morgan fingerprint density at radius 2 is 2.14 bits per heavy atom. The van der Waals surface area contributed by atoms with Gasteiger partial charge in [-0.15, -0.1) is 24.0 Å². The number of rotatable bonds is 9. The van der Waals surface area contributed by atoms with E-state index in [4.69, 9.17) is 14.5 Å². The van der Waals surface area contributed by atoms with Crippen LogP contribution in [0.2, 0.25) is 0 Å². The maximum Gasteiger partial charge on any atom is 0.213 e. The van der Waals surface area contributed by atoms with Crippen LogP contribution in [0.4, 0.5) is 0 Å². The smallest absolute Gasteiger partial charge is 0.213 e. The lowest BCUT2D eigenvalue weighted by Gasteiger charge is -2.22. The van der Waals surface area contributed by atoms with Crippen LogP contribution in [-0.2, 0) is 24.9 Å². The van der Waals surface area contributed by atoms with Gasteiger partial charge in [0.2, 0.25) is 5.88 Å². The van der Waals surface area contributed by atoms with Gasteiger partial charge in [-0.1, -0.05) is 6.07 Å². The van der Waals surface area contributed by atoms with Crippen molar-refractivity contribution in [2.45, 2.75) is 20.0 Å². The molecule has 2 heterocycles. The Hall–Kier alpha value is -1.33. The molecule has 0 atom stereocenters. The number of aromatic nitrogens is 2. The van der Waals surface area contributed by atoms with Gasteiger partial charge in [-0.05, 0) is 34.5 Å². The Morgan fingerprint density at radius 1 is 1.36 bits per heavy atom. The summed E-state index contributed by atoms with van der Waals surface area (Å²) in [6.45, 7) is 5.23. The number of guanidine groups is 1. The van der Waals surface area contributed by atoms with Crippen LogP contribution >= 0.6 is 39.9 Å². The van der Waals surface area contributed by atoms with Crippen LogP contribution in [0.3, 0.4) is 0 Å². The van der Waals surface area contributed by atoms with Crippen LogP contribution in [0.1, 0.15) is 18.2 Å². The molecule has 0 aliphatic rings. The van der Waals surface area contributed by atoms with Gasteiger partial charge in [0, 0.05) is 56.4 Å². The van der Waals surface area contributed by atoms with Gasteiger partial charge in [0.05, 0.1) is 19.7 Å². The predicted octanol–water partition coefficient (Wildman–Crippen LogP) is 3.42. The Balaban J connectivity index is 0.00000392. The largest absolute Gasteiger partial charge is 0.475 e. The topological polar surface area (TPSA) is 63.9 Å². The second-order valence-electron chi connectivity index (χ2n) is 6.13. The third kappa shape index (κ3) is 7.96. The third-order valence-electron chi connectivity index (χ3n) is 3.92. The zero-order chi connectivity index (χ0) is 19.6. The van der Waals surface area contributed by atoms with E-state index in [-0.39, 0.29) is 24.0 Å². The normalized spacial score (nSPS) is 11.1. The standard InChI is InChI=1S/C19H28BrN5O2.HI/c1-5-21-19(25(3)14-17-10-16(20)13-24(17)2)23-12-15-6-7-18(22-11-15)27-9-8-26-4;/h6-7,10-11,13H,5,8-9,12,14H2,1-4H3,(H,21,23);1H. The summed E-state index contributed by atoms with van der Waals surface area (Å²) in [6.07, 6.45) is 3.85. The molecule has 1 N–H and O–H groups in total. The number of nitrogens with zero attached hydrogens (tertiary/aromatic N) is 4. The molecule has 0 saturated carbocycles. The van der Waals surface area contributed by atoms with Crippen LogP contribution in [0.5, 0.6) is 5.88 Å². The molecule has 2 rings (SSSR count). The molecule has 0 unspecified atom stereocenters. The minimum atomic E-state index is 0. The first kappa shape index (κ1) is 24.7.